The molecule has 0 saturated heterocycles. The molecule has 4 heteroatoms. The van der Waals surface area contributed by atoms with Crippen molar-refractivity contribution in [3.8, 4) is 0 Å². The molecule has 0 aromatic carbocycles. The fourth-order valence-corrected chi connectivity index (χ4v) is 1.07. The van der Waals surface area contributed by atoms with Gasteiger partial charge in [0.25, 0.3) is 0 Å². The highest BCUT2D eigenvalue weighted by molar-refractivity contribution is 5.84. The van der Waals surface area contributed by atoms with Gasteiger partial charge < -0.3 is 16.2 Å². The Morgan fingerprint density at radius 2 is 2.00 bits per heavy atom. The van der Waals surface area contributed by atoms with Gasteiger partial charge in [-0.15, -0.1) is 0 Å². The second-order valence-corrected chi connectivity index (χ2v) is 4.72. The lowest BCUT2D eigenvalue weighted by molar-refractivity contribution is -0.125. The molecule has 0 fully saturated rings. The summed E-state index contributed by atoms with van der Waals surface area (Å²) in [6.07, 6.45) is 0.201. The van der Waals surface area contributed by atoms with E-state index in [4.69, 9.17) is 5.73 Å². The fraction of sp³-hybridized carbons (Fsp3) is 0.900. The molecule has 1 unspecified atom stereocenters. The SMILES string of the molecule is CC(C)CC(O)CNC(=O)C(C)(C)N. The molecular formula is C10H22N2O2. The maximum absolute atomic E-state index is 11.3. The molecule has 0 aromatic rings. The minimum Gasteiger partial charge on any atom is -0.391 e. The molecule has 14 heavy (non-hydrogen) atoms. The monoisotopic (exact) mass is 202 g/mol. The van der Waals surface area contributed by atoms with E-state index >= 15 is 0 Å². The lowest BCUT2D eigenvalue weighted by Crippen LogP contribution is -2.50. The average Bonchev–Trinajstić information content (AvgIpc) is 1.96. The molecule has 0 aromatic heterocycles. The summed E-state index contributed by atoms with van der Waals surface area (Å²) in [5.74, 6) is 0.188. The summed E-state index contributed by atoms with van der Waals surface area (Å²) in [5, 5.41) is 12.1. The van der Waals surface area contributed by atoms with Crippen molar-refractivity contribution < 1.29 is 9.90 Å². The van der Waals surface area contributed by atoms with Crippen molar-refractivity contribution in [2.75, 3.05) is 6.54 Å². The molecule has 0 bridgehead atoms. The summed E-state index contributed by atoms with van der Waals surface area (Å²) < 4.78 is 0. The number of nitrogens with two attached hydrogens (primary N) is 1. The van der Waals surface area contributed by atoms with E-state index < -0.39 is 11.6 Å². The third-order valence-electron chi connectivity index (χ3n) is 1.83. The van der Waals surface area contributed by atoms with Crippen molar-refractivity contribution in [3.05, 3.63) is 0 Å². The fourth-order valence-electron chi connectivity index (χ4n) is 1.07. The lowest BCUT2D eigenvalue weighted by Gasteiger charge is -2.20. The Bertz CT molecular complexity index is 185. The van der Waals surface area contributed by atoms with Gasteiger partial charge in [0.15, 0.2) is 0 Å². The molecule has 1 amide bonds. The van der Waals surface area contributed by atoms with Crippen LogP contribution in [0.2, 0.25) is 0 Å². The number of aliphatic hydroxyl groups excluding tert-OH is 1. The maximum atomic E-state index is 11.3. The minimum absolute atomic E-state index is 0.236. The van der Waals surface area contributed by atoms with E-state index in [1.807, 2.05) is 13.8 Å². The summed E-state index contributed by atoms with van der Waals surface area (Å²) in [6, 6.07) is 0. The zero-order valence-electron chi connectivity index (χ0n) is 9.50. The lowest BCUT2D eigenvalue weighted by atomic mass is 10.0. The molecule has 0 aliphatic heterocycles. The van der Waals surface area contributed by atoms with Crippen LogP contribution in [0.15, 0.2) is 0 Å². The average molecular weight is 202 g/mol. The van der Waals surface area contributed by atoms with Crippen LogP contribution in [0.5, 0.6) is 0 Å². The van der Waals surface area contributed by atoms with Crippen LogP contribution in [0.25, 0.3) is 0 Å². The van der Waals surface area contributed by atoms with Gasteiger partial charge in [-0.25, -0.2) is 0 Å². The first-order valence-electron chi connectivity index (χ1n) is 4.98. The third kappa shape index (κ3) is 5.94. The zero-order valence-corrected chi connectivity index (χ0v) is 9.50. The molecule has 0 aliphatic rings. The Labute approximate surface area is 85.9 Å². The summed E-state index contributed by atoms with van der Waals surface area (Å²) in [5.41, 5.74) is 4.70. The molecule has 0 spiro atoms. The van der Waals surface area contributed by atoms with Crippen molar-refractivity contribution in [2.24, 2.45) is 11.7 Å². The minimum atomic E-state index is -0.877. The Morgan fingerprint density at radius 1 is 1.50 bits per heavy atom. The van der Waals surface area contributed by atoms with Crippen molar-refractivity contribution in [1.82, 2.24) is 5.32 Å². The smallest absolute Gasteiger partial charge is 0.239 e. The normalized spacial score (nSPS) is 14.2. The van der Waals surface area contributed by atoms with Crippen molar-refractivity contribution >= 4 is 5.91 Å². The van der Waals surface area contributed by atoms with Gasteiger partial charge in [0.1, 0.15) is 0 Å². The van der Waals surface area contributed by atoms with Crippen molar-refractivity contribution in [3.63, 3.8) is 0 Å². The summed E-state index contributed by atoms with van der Waals surface area (Å²) in [7, 11) is 0. The first kappa shape index (κ1) is 13.4. The zero-order chi connectivity index (χ0) is 11.4. The summed E-state index contributed by atoms with van der Waals surface area (Å²) in [4.78, 5) is 11.3. The van der Waals surface area contributed by atoms with Gasteiger partial charge >= 0.3 is 0 Å². The van der Waals surface area contributed by atoms with Crippen LogP contribution in [-0.2, 0) is 4.79 Å². The number of carbonyl (C=O) groups excluding carboxylic acids is 1. The molecule has 1 atom stereocenters. The number of amides is 1. The van der Waals surface area contributed by atoms with Crippen LogP contribution in [-0.4, -0.2) is 29.2 Å². The quantitative estimate of drug-likeness (QED) is 0.598. The van der Waals surface area contributed by atoms with E-state index in [2.05, 4.69) is 5.32 Å². The molecule has 4 nitrogen and oxygen atoms in total. The van der Waals surface area contributed by atoms with Crippen LogP contribution in [0.3, 0.4) is 0 Å². The number of aliphatic hydroxyl groups is 1. The molecule has 0 heterocycles. The van der Waals surface area contributed by atoms with Crippen molar-refractivity contribution in [1.29, 1.82) is 0 Å². The predicted octanol–water partition coefficient (Wildman–Crippen LogP) is 0.247. The van der Waals surface area contributed by atoms with Crippen LogP contribution in [0.1, 0.15) is 34.1 Å². The van der Waals surface area contributed by atoms with E-state index in [1.54, 1.807) is 13.8 Å². The molecule has 0 saturated carbocycles. The Balaban J connectivity index is 3.78. The van der Waals surface area contributed by atoms with Gasteiger partial charge in [-0.2, -0.15) is 0 Å². The number of hydrogen-bond donors (Lipinski definition) is 3. The standard InChI is InChI=1S/C10H22N2O2/c1-7(2)5-8(13)6-12-9(14)10(3,4)11/h7-8,13H,5-6,11H2,1-4H3,(H,12,14). The van der Waals surface area contributed by atoms with Gasteiger partial charge in [-0.3, -0.25) is 4.79 Å². The second-order valence-electron chi connectivity index (χ2n) is 4.72. The van der Waals surface area contributed by atoms with E-state index in [0.717, 1.165) is 0 Å². The van der Waals surface area contributed by atoms with E-state index in [0.29, 0.717) is 12.3 Å². The first-order valence-corrected chi connectivity index (χ1v) is 4.98. The molecule has 84 valence electrons. The number of nitrogens with one attached hydrogen (secondary N) is 1. The summed E-state index contributed by atoms with van der Waals surface area (Å²) >= 11 is 0. The maximum Gasteiger partial charge on any atom is 0.239 e. The third-order valence-corrected chi connectivity index (χ3v) is 1.83. The van der Waals surface area contributed by atoms with Gasteiger partial charge in [0, 0.05) is 6.54 Å². The molecule has 4 N–H and O–H groups in total. The Kier molecular flexibility index (Phi) is 5.08. The van der Waals surface area contributed by atoms with E-state index in [9.17, 15) is 9.90 Å². The van der Waals surface area contributed by atoms with E-state index in [1.165, 1.54) is 0 Å². The van der Waals surface area contributed by atoms with Crippen LogP contribution < -0.4 is 11.1 Å². The van der Waals surface area contributed by atoms with E-state index in [-0.39, 0.29) is 12.5 Å². The number of rotatable bonds is 5. The van der Waals surface area contributed by atoms with Crippen LogP contribution >= 0.6 is 0 Å². The van der Waals surface area contributed by atoms with Gasteiger partial charge in [0.05, 0.1) is 11.6 Å². The highest BCUT2D eigenvalue weighted by atomic mass is 16.3. The Hall–Kier alpha value is -0.610. The number of carbonyl (C=O) groups is 1. The molecule has 0 rings (SSSR count). The molecular weight excluding hydrogens is 180 g/mol. The highest BCUT2D eigenvalue weighted by Crippen LogP contribution is 2.03. The summed E-state index contributed by atoms with van der Waals surface area (Å²) in [6.45, 7) is 7.60. The Morgan fingerprint density at radius 3 is 2.36 bits per heavy atom. The largest absolute Gasteiger partial charge is 0.391 e. The van der Waals surface area contributed by atoms with Crippen LogP contribution in [0, 0.1) is 5.92 Å². The van der Waals surface area contributed by atoms with Crippen LogP contribution in [0.4, 0.5) is 0 Å². The van der Waals surface area contributed by atoms with Gasteiger partial charge in [0.2, 0.25) is 5.91 Å². The molecule has 0 aliphatic carbocycles. The van der Waals surface area contributed by atoms with Gasteiger partial charge in [-0.1, -0.05) is 13.8 Å². The predicted molar refractivity (Wildman–Crippen MR) is 56.7 cm³/mol. The first-order chi connectivity index (χ1) is 6.23. The highest BCUT2D eigenvalue weighted by Gasteiger charge is 2.22. The number of hydrogen-bond acceptors (Lipinski definition) is 3. The molecule has 0 radical (unpaired) electrons. The topological polar surface area (TPSA) is 75.3 Å². The van der Waals surface area contributed by atoms with Crippen molar-refractivity contribution in [2.45, 2.75) is 45.8 Å². The van der Waals surface area contributed by atoms with Gasteiger partial charge in [-0.05, 0) is 26.2 Å². The second kappa shape index (κ2) is 5.32.